The molecule has 3 unspecified atom stereocenters. The fourth-order valence-corrected chi connectivity index (χ4v) is 3.79. The largest absolute Gasteiger partial charge is 0.492 e. The van der Waals surface area contributed by atoms with Crippen LogP contribution in [0.1, 0.15) is 38.2 Å². The zero-order chi connectivity index (χ0) is 14.7. The Morgan fingerprint density at radius 3 is 3.00 bits per heavy atom. The lowest BCUT2D eigenvalue weighted by Gasteiger charge is -2.39. The summed E-state index contributed by atoms with van der Waals surface area (Å²) in [6.45, 7) is 4.83. The van der Waals surface area contributed by atoms with Crippen LogP contribution in [0.4, 0.5) is 0 Å². The predicted octanol–water partition coefficient (Wildman–Crippen LogP) is 3.60. The van der Waals surface area contributed by atoms with E-state index >= 15 is 0 Å². The molecule has 0 amide bonds. The first kappa shape index (κ1) is 14.4. The lowest BCUT2D eigenvalue weighted by atomic mass is 9.77. The highest BCUT2D eigenvalue weighted by atomic mass is 16.5. The van der Waals surface area contributed by atoms with E-state index in [2.05, 4.69) is 36.1 Å². The first-order valence-corrected chi connectivity index (χ1v) is 8.16. The molecule has 0 N–H and O–H groups in total. The van der Waals surface area contributed by atoms with Gasteiger partial charge in [-0.2, -0.15) is 5.26 Å². The molecule has 1 fully saturated rings. The van der Waals surface area contributed by atoms with Gasteiger partial charge in [0, 0.05) is 24.7 Å². The molecule has 3 atom stereocenters. The molecular formula is C18H24N2O. The van der Waals surface area contributed by atoms with Crippen molar-refractivity contribution in [3.63, 3.8) is 0 Å². The average Bonchev–Trinajstić information content (AvgIpc) is 2.76. The van der Waals surface area contributed by atoms with Gasteiger partial charge in [0.15, 0.2) is 0 Å². The molecule has 0 radical (unpaired) electrons. The smallest absolute Gasteiger partial charge is 0.123 e. The minimum atomic E-state index is 0.179. The second kappa shape index (κ2) is 6.49. The molecule has 0 saturated heterocycles. The molecular weight excluding hydrogens is 260 g/mol. The molecule has 1 aromatic rings. The van der Waals surface area contributed by atoms with Gasteiger partial charge in [-0.05, 0) is 31.2 Å². The van der Waals surface area contributed by atoms with Crippen molar-refractivity contribution < 1.29 is 4.74 Å². The zero-order valence-electron chi connectivity index (χ0n) is 12.8. The maximum Gasteiger partial charge on any atom is 0.123 e. The molecule has 112 valence electrons. The Labute approximate surface area is 127 Å². The number of benzene rings is 1. The minimum Gasteiger partial charge on any atom is -0.492 e. The van der Waals surface area contributed by atoms with Crippen molar-refractivity contribution in [2.45, 2.75) is 45.2 Å². The number of nitriles is 1. The van der Waals surface area contributed by atoms with Crippen molar-refractivity contribution in [3.05, 3.63) is 29.8 Å². The first-order chi connectivity index (χ1) is 10.3. The summed E-state index contributed by atoms with van der Waals surface area (Å²) >= 11 is 0. The number of para-hydroxylation sites is 1. The lowest BCUT2D eigenvalue weighted by molar-refractivity contribution is 0.0871. The Balaban J connectivity index is 1.80. The second-order valence-electron chi connectivity index (χ2n) is 6.32. The van der Waals surface area contributed by atoms with Gasteiger partial charge in [-0.25, -0.2) is 0 Å². The van der Waals surface area contributed by atoms with E-state index in [1.807, 2.05) is 6.07 Å². The standard InChI is InChI=1S/C18H24N2O/c1-2-14-7-8-15(12-19)17(11-14)20-9-10-21-18-6-4-3-5-16(18)13-20/h3-6,14-15,17H,2,7-11,13H2,1H3. The third-order valence-corrected chi connectivity index (χ3v) is 5.12. The summed E-state index contributed by atoms with van der Waals surface area (Å²) in [5.41, 5.74) is 1.25. The van der Waals surface area contributed by atoms with E-state index in [1.54, 1.807) is 0 Å². The molecule has 3 rings (SSSR count). The summed E-state index contributed by atoms with van der Waals surface area (Å²) in [5, 5.41) is 9.51. The van der Waals surface area contributed by atoms with Crippen LogP contribution in [-0.2, 0) is 6.54 Å². The second-order valence-corrected chi connectivity index (χ2v) is 6.32. The van der Waals surface area contributed by atoms with Crippen molar-refractivity contribution in [3.8, 4) is 11.8 Å². The number of nitrogens with zero attached hydrogens (tertiary/aromatic N) is 2. The maximum atomic E-state index is 9.51. The summed E-state index contributed by atoms with van der Waals surface area (Å²) in [6.07, 6.45) is 4.66. The van der Waals surface area contributed by atoms with Gasteiger partial charge in [0.1, 0.15) is 12.4 Å². The van der Waals surface area contributed by atoms with Crippen LogP contribution in [-0.4, -0.2) is 24.1 Å². The molecule has 1 aliphatic carbocycles. The normalized spacial score (nSPS) is 29.8. The van der Waals surface area contributed by atoms with Gasteiger partial charge >= 0.3 is 0 Å². The molecule has 1 aromatic carbocycles. The van der Waals surface area contributed by atoms with Crippen LogP contribution in [0.15, 0.2) is 24.3 Å². The van der Waals surface area contributed by atoms with Crippen molar-refractivity contribution in [2.75, 3.05) is 13.2 Å². The molecule has 0 bridgehead atoms. The number of hydrogen-bond donors (Lipinski definition) is 0. The highest BCUT2D eigenvalue weighted by molar-refractivity contribution is 5.33. The van der Waals surface area contributed by atoms with Gasteiger partial charge in [0.2, 0.25) is 0 Å². The summed E-state index contributed by atoms with van der Waals surface area (Å²) in [6, 6.07) is 11.3. The third kappa shape index (κ3) is 3.06. The van der Waals surface area contributed by atoms with Crippen molar-refractivity contribution in [2.24, 2.45) is 11.8 Å². The van der Waals surface area contributed by atoms with E-state index in [0.29, 0.717) is 6.04 Å². The van der Waals surface area contributed by atoms with Gasteiger partial charge in [-0.1, -0.05) is 31.5 Å². The van der Waals surface area contributed by atoms with Crippen LogP contribution in [0.25, 0.3) is 0 Å². The maximum absolute atomic E-state index is 9.51. The van der Waals surface area contributed by atoms with Crippen LogP contribution in [0.2, 0.25) is 0 Å². The van der Waals surface area contributed by atoms with Crippen molar-refractivity contribution in [1.29, 1.82) is 5.26 Å². The van der Waals surface area contributed by atoms with Gasteiger partial charge in [0.25, 0.3) is 0 Å². The number of ether oxygens (including phenoxy) is 1. The van der Waals surface area contributed by atoms with E-state index in [4.69, 9.17) is 4.74 Å². The number of hydrogen-bond acceptors (Lipinski definition) is 3. The Bertz CT molecular complexity index is 522. The van der Waals surface area contributed by atoms with Crippen molar-refractivity contribution in [1.82, 2.24) is 4.90 Å². The Morgan fingerprint density at radius 1 is 1.33 bits per heavy atom. The fraction of sp³-hybridized carbons (Fsp3) is 0.611. The molecule has 3 nitrogen and oxygen atoms in total. The van der Waals surface area contributed by atoms with E-state index in [1.165, 1.54) is 18.4 Å². The van der Waals surface area contributed by atoms with E-state index < -0.39 is 0 Å². The average molecular weight is 284 g/mol. The summed E-state index contributed by atoms with van der Waals surface area (Å²) < 4.78 is 5.87. The lowest BCUT2D eigenvalue weighted by Crippen LogP contribution is -2.44. The summed E-state index contributed by atoms with van der Waals surface area (Å²) in [5.74, 6) is 1.97. The van der Waals surface area contributed by atoms with Crippen LogP contribution in [0.3, 0.4) is 0 Å². The molecule has 3 heteroatoms. The van der Waals surface area contributed by atoms with Crippen molar-refractivity contribution >= 4 is 0 Å². The van der Waals surface area contributed by atoms with E-state index in [-0.39, 0.29) is 5.92 Å². The van der Waals surface area contributed by atoms with E-state index in [0.717, 1.165) is 44.2 Å². The number of fused-ring (bicyclic) bond motifs is 1. The third-order valence-electron chi connectivity index (χ3n) is 5.12. The molecule has 21 heavy (non-hydrogen) atoms. The molecule has 0 spiro atoms. The van der Waals surface area contributed by atoms with Gasteiger partial charge in [-0.3, -0.25) is 4.90 Å². The Morgan fingerprint density at radius 2 is 2.19 bits per heavy atom. The highest BCUT2D eigenvalue weighted by Crippen LogP contribution is 2.35. The van der Waals surface area contributed by atoms with Gasteiger partial charge < -0.3 is 4.74 Å². The molecule has 1 heterocycles. The van der Waals surface area contributed by atoms with Gasteiger partial charge in [-0.15, -0.1) is 0 Å². The zero-order valence-corrected chi connectivity index (χ0v) is 12.8. The molecule has 1 saturated carbocycles. The van der Waals surface area contributed by atoms with Crippen LogP contribution >= 0.6 is 0 Å². The first-order valence-electron chi connectivity index (χ1n) is 8.16. The summed E-state index contributed by atoms with van der Waals surface area (Å²) in [7, 11) is 0. The van der Waals surface area contributed by atoms with Crippen LogP contribution < -0.4 is 4.74 Å². The Kier molecular flexibility index (Phi) is 4.45. The van der Waals surface area contributed by atoms with E-state index in [9.17, 15) is 5.26 Å². The number of rotatable bonds is 2. The monoisotopic (exact) mass is 284 g/mol. The predicted molar refractivity (Wildman–Crippen MR) is 82.9 cm³/mol. The quantitative estimate of drug-likeness (QED) is 0.832. The minimum absolute atomic E-state index is 0.179. The topological polar surface area (TPSA) is 36.3 Å². The Hall–Kier alpha value is -1.53. The van der Waals surface area contributed by atoms with Gasteiger partial charge in [0.05, 0.1) is 12.0 Å². The fourth-order valence-electron chi connectivity index (χ4n) is 3.79. The highest BCUT2D eigenvalue weighted by Gasteiger charge is 2.34. The SMILES string of the molecule is CCC1CCC(C#N)C(N2CCOc3ccccc3C2)C1. The molecule has 1 aliphatic heterocycles. The molecule has 2 aliphatic rings. The van der Waals surface area contributed by atoms with Crippen LogP contribution in [0, 0.1) is 23.2 Å². The van der Waals surface area contributed by atoms with Crippen LogP contribution in [0.5, 0.6) is 5.75 Å². The summed E-state index contributed by atoms with van der Waals surface area (Å²) in [4.78, 5) is 2.49. The molecule has 0 aromatic heterocycles.